The number of sulfonamides is 1. The molecule has 1 heterocycles. The third-order valence-electron chi connectivity index (χ3n) is 4.47. The molecule has 2 N–H and O–H groups in total. The number of hydrogen-bond donors (Lipinski definition) is 2. The maximum atomic E-state index is 13.4. The van der Waals surface area contributed by atoms with Gasteiger partial charge in [-0.15, -0.1) is 5.10 Å². The summed E-state index contributed by atoms with van der Waals surface area (Å²) in [6.45, 7) is 0. The average molecular weight is 490 g/mol. The largest absolute Gasteiger partial charge is 0.436 e. The molecule has 168 valence electrons. The van der Waals surface area contributed by atoms with Crippen LogP contribution in [-0.2, 0) is 10.0 Å². The number of anilines is 1. The predicted octanol–water partition coefficient (Wildman–Crippen LogP) is 4.41. The molecule has 0 fully saturated rings. The number of nitrogens with one attached hydrogen (secondary N) is 2. The van der Waals surface area contributed by atoms with E-state index in [0.29, 0.717) is 16.7 Å². The Morgan fingerprint density at radius 2 is 1.70 bits per heavy atom. The standard InChI is InChI=1S/C22H14ClF2N3O4S/c23-18-12-16(9-10-19(18)25)33(30,31)28-27-22-17(11-13-3-1-2-4-20(13)32-22)21(29)26-15-7-5-14(24)6-8-15/h1-12,28H,(H,26,29). The number of nitrogens with zero attached hydrogens (tertiary/aromatic N) is 1. The Bertz CT molecular complexity index is 1540. The van der Waals surface area contributed by atoms with Crippen molar-refractivity contribution in [3.63, 3.8) is 0 Å². The Kier molecular flexibility index (Phi) is 6.12. The van der Waals surface area contributed by atoms with Crippen LogP contribution in [-0.4, -0.2) is 14.3 Å². The van der Waals surface area contributed by atoms with E-state index in [2.05, 4.69) is 10.4 Å². The molecular weight excluding hydrogens is 476 g/mol. The van der Waals surface area contributed by atoms with Gasteiger partial charge in [0, 0.05) is 11.1 Å². The van der Waals surface area contributed by atoms with Crippen molar-refractivity contribution in [2.45, 2.75) is 4.90 Å². The van der Waals surface area contributed by atoms with Gasteiger partial charge in [0.1, 0.15) is 22.8 Å². The van der Waals surface area contributed by atoms with Gasteiger partial charge in [-0.3, -0.25) is 4.79 Å². The van der Waals surface area contributed by atoms with Crippen LogP contribution in [0.25, 0.3) is 11.0 Å². The third kappa shape index (κ3) is 5.02. The van der Waals surface area contributed by atoms with Crippen LogP contribution in [0.3, 0.4) is 0 Å². The van der Waals surface area contributed by atoms with Crippen molar-refractivity contribution in [2.24, 2.45) is 5.10 Å². The summed E-state index contributed by atoms with van der Waals surface area (Å²) in [5, 5.41) is 6.52. The summed E-state index contributed by atoms with van der Waals surface area (Å²) in [5.74, 6) is -1.92. The van der Waals surface area contributed by atoms with Gasteiger partial charge in [-0.25, -0.2) is 8.78 Å². The van der Waals surface area contributed by atoms with Gasteiger partial charge in [0.05, 0.1) is 9.92 Å². The minimum atomic E-state index is -4.26. The number of fused-ring (bicyclic) bond motifs is 1. The highest BCUT2D eigenvalue weighted by Crippen LogP contribution is 2.19. The number of rotatable bonds is 5. The minimum absolute atomic E-state index is 0.0853. The highest BCUT2D eigenvalue weighted by atomic mass is 35.5. The van der Waals surface area contributed by atoms with Crippen molar-refractivity contribution in [3.05, 3.63) is 101 Å². The second-order valence-electron chi connectivity index (χ2n) is 6.75. The van der Waals surface area contributed by atoms with Crippen LogP contribution < -0.4 is 15.7 Å². The molecule has 0 bridgehead atoms. The van der Waals surface area contributed by atoms with E-state index in [4.69, 9.17) is 16.0 Å². The highest BCUT2D eigenvalue weighted by Gasteiger charge is 2.17. The van der Waals surface area contributed by atoms with Crippen LogP contribution in [0.2, 0.25) is 5.02 Å². The number of halogens is 3. The molecular formula is C22H14ClF2N3O4S. The van der Waals surface area contributed by atoms with Crippen LogP contribution in [0, 0.1) is 11.6 Å². The van der Waals surface area contributed by atoms with Crippen molar-refractivity contribution in [1.29, 1.82) is 0 Å². The minimum Gasteiger partial charge on any atom is -0.436 e. The first-order valence-electron chi connectivity index (χ1n) is 9.33. The number of carbonyl (C=O) groups excluding carboxylic acids is 1. The van der Waals surface area contributed by atoms with E-state index in [1.165, 1.54) is 30.3 Å². The summed E-state index contributed by atoms with van der Waals surface area (Å²) in [6, 6.07) is 16.1. The monoisotopic (exact) mass is 489 g/mol. The van der Waals surface area contributed by atoms with Gasteiger partial charge in [-0.1, -0.05) is 29.8 Å². The van der Waals surface area contributed by atoms with Crippen molar-refractivity contribution in [3.8, 4) is 0 Å². The summed E-state index contributed by atoms with van der Waals surface area (Å²) in [5.41, 5.74) is 0.239. The molecule has 0 aliphatic heterocycles. The molecule has 4 rings (SSSR count). The van der Waals surface area contributed by atoms with E-state index >= 15 is 0 Å². The zero-order valence-electron chi connectivity index (χ0n) is 16.6. The van der Waals surface area contributed by atoms with Crippen LogP contribution in [0.5, 0.6) is 0 Å². The van der Waals surface area contributed by atoms with Crippen LogP contribution in [0.1, 0.15) is 10.4 Å². The predicted molar refractivity (Wildman–Crippen MR) is 118 cm³/mol. The number of para-hydroxylation sites is 1. The Labute approximate surface area is 191 Å². The van der Waals surface area contributed by atoms with Gasteiger partial charge < -0.3 is 9.73 Å². The van der Waals surface area contributed by atoms with Crippen LogP contribution in [0.4, 0.5) is 14.5 Å². The molecule has 0 spiro atoms. The summed E-state index contributed by atoms with van der Waals surface area (Å²) in [7, 11) is -4.26. The summed E-state index contributed by atoms with van der Waals surface area (Å²) in [4.78, 5) is 14.5. The molecule has 0 radical (unpaired) electrons. The van der Waals surface area contributed by atoms with Gasteiger partial charge in [-0.05, 0) is 54.6 Å². The first-order chi connectivity index (χ1) is 15.7. The smallest absolute Gasteiger partial charge is 0.276 e. The number of benzene rings is 3. The fourth-order valence-electron chi connectivity index (χ4n) is 2.84. The quantitative estimate of drug-likeness (QED) is 0.405. The first-order valence-corrected chi connectivity index (χ1v) is 11.2. The Morgan fingerprint density at radius 1 is 0.970 bits per heavy atom. The maximum Gasteiger partial charge on any atom is 0.276 e. The van der Waals surface area contributed by atoms with Crippen molar-refractivity contribution in [2.75, 3.05) is 5.32 Å². The van der Waals surface area contributed by atoms with Crippen molar-refractivity contribution in [1.82, 2.24) is 4.83 Å². The second-order valence-corrected chi connectivity index (χ2v) is 8.81. The maximum absolute atomic E-state index is 13.4. The summed E-state index contributed by atoms with van der Waals surface area (Å²) in [6.07, 6.45) is 0. The molecule has 4 aromatic rings. The van der Waals surface area contributed by atoms with Crippen LogP contribution in [0.15, 0.2) is 87.2 Å². The fraction of sp³-hybridized carbons (Fsp3) is 0. The van der Waals surface area contributed by atoms with E-state index in [-0.39, 0.29) is 21.0 Å². The topological polar surface area (TPSA) is 101 Å². The lowest BCUT2D eigenvalue weighted by molar-refractivity contribution is 0.102. The Hall–Kier alpha value is -3.76. The van der Waals surface area contributed by atoms with Gasteiger partial charge in [0.15, 0.2) is 0 Å². The molecule has 0 aliphatic carbocycles. The van der Waals surface area contributed by atoms with Crippen molar-refractivity contribution < 1.29 is 26.4 Å². The fourth-order valence-corrected chi connectivity index (χ4v) is 3.92. The summed E-state index contributed by atoms with van der Waals surface area (Å²) < 4.78 is 57.3. The van der Waals surface area contributed by atoms with E-state index in [1.54, 1.807) is 24.3 Å². The Balaban J connectivity index is 1.75. The molecule has 0 saturated heterocycles. The van der Waals surface area contributed by atoms with Crippen molar-refractivity contribution >= 4 is 44.2 Å². The molecule has 0 atom stereocenters. The van der Waals surface area contributed by atoms with E-state index < -0.39 is 27.6 Å². The Morgan fingerprint density at radius 3 is 2.42 bits per heavy atom. The average Bonchev–Trinajstić information content (AvgIpc) is 2.80. The number of hydrogen-bond acceptors (Lipinski definition) is 5. The zero-order valence-corrected chi connectivity index (χ0v) is 18.1. The lowest BCUT2D eigenvalue weighted by atomic mass is 10.1. The molecule has 1 aromatic heterocycles. The van der Waals surface area contributed by atoms with Gasteiger partial charge in [-0.2, -0.15) is 13.2 Å². The van der Waals surface area contributed by atoms with Crippen LogP contribution >= 0.6 is 11.6 Å². The SMILES string of the molecule is O=C(Nc1ccc(F)cc1)c1cc2ccccc2oc1=NNS(=O)(=O)c1ccc(F)c(Cl)c1. The van der Waals surface area contributed by atoms with Gasteiger partial charge >= 0.3 is 0 Å². The van der Waals surface area contributed by atoms with Gasteiger partial charge in [0.2, 0.25) is 5.55 Å². The molecule has 0 unspecified atom stereocenters. The highest BCUT2D eigenvalue weighted by molar-refractivity contribution is 7.89. The van der Waals surface area contributed by atoms with E-state index in [1.807, 2.05) is 4.83 Å². The number of carbonyl (C=O) groups is 1. The zero-order chi connectivity index (χ0) is 23.6. The molecule has 1 amide bonds. The molecule has 7 nitrogen and oxygen atoms in total. The lowest BCUT2D eigenvalue weighted by Gasteiger charge is -2.08. The van der Waals surface area contributed by atoms with Gasteiger partial charge in [0.25, 0.3) is 15.9 Å². The van der Waals surface area contributed by atoms with E-state index in [0.717, 1.165) is 18.2 Å². The molecule has 0 aliphatic rings. The second kappa shape index (κ2) is 9.00. The molecule has 3 aromatic carbocycles. The van der Waals surface area contributed by atoms with E-state index in [9.17, 15) is 22.0 Å². The number of amides is 1. The lowest BCUT2D eigenvalue weighted by Crippen LogP contribution is -2.27. The third-order valence-corrected chi connectivity index (χ3v) is 5.97. The summed E-state index contributed by atoms with van der Waals surface area (Å²) >= 11 is 5.66. The normalized spacial score (nSPS) is 12.0. The molecule has 0 saturated carbocycles. The molecule has 11 heteroatoms. The first kappa shape index (κ1) is 22.4. The molecule has 33 heavy (non-hydrogen) atoms.